The quantitative estimate of drug-likeness (QED) is 0.161. The first-order valence-electron chi connectivity index (χ1n) is 16.3. The van der Waals surface area contributed by atoms with E-state index in [1.165, 1.54) is 30.9 Å². The third kappa shape index (κ3) is 9.09. The zero-order valence-corrected chi connectivity index (χ0v) is 28.9. The number of nitrogens with zero attached hydrogens (tertiary/aromatic N) is 5. The number of H-pyrrole nitrogens is 2. The van der Waals surface area contributed by atoms with E-state index < -0.39 is 18.1 Å². The van der Waals surface area contributed by atoms with Gasteiger partial charge in [0.1, 0.15) is 24.7 Å². The lowest BCUT2D eigenvalue weighted by Gasteiger charge is -2.27. The van der Waals surface area contributed by atoms with Gasteiger partial charge in [-0.05, 0) is 35.1 Å². The second kappa shape index (κ2) is 16.5. The van der Waals surface area contributed by atoms with E-state index in [1.807, 2.05) is 48.5 Å². The lowest BCUT2D eigenvalue weighted by Crippen LogP contribution is -2.45. The Balaban J connectivity index is 1.21. The molecule has 3 heterocycles. The van der Waals surface area contributed by atoms with E-state index in [1.54, 1.807) is 24.3 Å². The molecule has 51 heavy (non-hydrogen) atoms. The molecule has 4 aromatic rings. The molecule has 16 heteroatoms. The van der Waals surface area contributed by atoms with Crippen molar-refractivity contribution in [3.8, 4) is 33.6 Å². The van der Waals surface area contributed by atoms with Gasteiger partial charge < -0.3 is 44.8 Å². The van der Waals surface area contributed by atoms with Crippen molar-refractivity contribution in [2.45, 2.75) is 32.4 Å². The molecule has 5 rings (SSSR count). The fourth-order valence-corrected chi connectivity index (χ4v) is 5.68. The van der Waals surface area contributed by atoms with Crippen molar-refractivity contribution in [3.05, 3.63) is 72.6 Å². The van der Waals surface area contributed by atoms with Crippen LogP contribution in [0, 0.1) is 0 Å². The van der Waals surface area contributed by atoms with E-state index in [4.69, 9.17) is 0 Å². The minimum Gasteiger partial charge on any atom is -0.453 e. The molecule has 2 aromatic heterocycles. The van der Waals surface area contributed by atoms with Crippen LogP contribution in [0.2, 0.25) is 0 Å². The van der Waals surface area contributed by atoms with Gasteiger partial charge in [-0.15, -0.1) is 0 Å². The van der Waals surface area contributed by atoms with Gasteiger partial charge in [0.2, 0.25) is 17.7 Å². The minimum absolute atomic E-state index is 0.0138. The second-order valence-corrected chi connectivity index (χ2v) is 12.0. The predicted octanol–water partition coefficient (Wildman–Crippen LogP) is 3.27. The zero-order chi connectivity index (χ0) is 36.5. The number of benzene rings is 2. The fraction of sp³-hybridized carbons (Fsp3) is 0.343. The van der Waals surface area contributed by atoms with Gasteiger partial charge in [0.25, 0.3) is 0 Å². The van der Waals surface area contributed by atoms with E-state index in [-0.39, 0.29) is 44.2 Å². The molecule has 2 aromatic carbocycles. The maximum Gasteiger partial charge on any atom is 0.407 e. The Labute approximate surface area is 294 Å². The number of likely N-dealkylation sites (tertiary alicyclic amines) is 1. The predicted molar refractivity (Wildman–Crippen MR) is 185 cm³/mol. The van der Waals surface area contributed by atoms with Crippen LogP contribution in [0.1, 0.15) is 37.5 Å². The average molecular weight is 700 g/mol. The van der Waals surface area contributed by atoms with Gasteiger partial charge in [-0.2, -0.15) is 0 Å². The molecular weight excluding hydrogens is 658 g/mol. The van der Waals surface area contributed by atoms with Gasteiger partial charge in [-0.3, -0.25) is 14.4 Å². The molecule has 1 aliphatic heterocycles. The fourth-order valence-electron chi connectivity index (χ4n) is 5.68. The SMILES string of the molecule is COC(=O)NCC(=O)N(Cc1ncc(-c2ccc(-c3ccc(-c4cnc([C@@H]5CCCN5C(=O)CNC(=O)OC)[nH]4)cc3)cc2)[nH]1)CN(C)C(C)=O. The van der Waals surface area contributed by atoms with Crippen molar-refractivity contribution in [3.63, 3.8) is 0 Å². The number of hydrogen-bond donors (Lipinski definition) is 4. The lowest BCUT2D eigenvalue weighted by atomic mass is 10.0. The van der Waals surface area contributed by atoms with Crippen LogP contribution in [-0.4, -0.2) is 112 Å². The molecule has 0 bridgehead atoms. The van der Waals surface area contributed by atoms with Gasteiger partial charge in [-0.1, -0.05) is 48.5 Å². The molecule has 0 saturated carbocycles. The van der Waals surface area contributed by atoms with Crippen LogP contribution in [0.3, 0.4) is 0 Å². The number of amides is 5. The summed E-state index contributed by atoms with van der Waals surface area (Å²) in [7, 11) is 4.04. The Morgan fingerprint density at radius 2 is 1.37 bits per heavy atom. The molecule has 4 N–H and O–H groups in total. The molecule has 1 aliphatic rings. The minimum atomic E-state index is -0.731. The van der Waals surface area contributed by atoms with Crippen LogP contribution in [-0.2, 0) is 30.4 Å². The van der Waals surface area contributed by atoms with Gasteiger partial charge in [-0.25, -0.2) is 19.6 Å². The normalized spacial score (nSPS) is 13.7. The van der Waals surface area contributed by atoms with Crippen LogP contribution in [0.5, 0.6) is 0 Å². The smallest absolute Gasteiger partial charge is 0.407 e. The number of hydrogen-bond acceptors (Lipinski definition) is 9. The molecule has 0 spiro atoms. The summed E-state index contributed by atoms with van der Waals surface area (Å²) < 4.78 is 9.10. The van der Waals surface area contributed by atoms with E-state index in [0.717, 1.165) is 46.5 Å². The molecule has 0 unspecified atom stereocenters. The molecule has 16 nitrogen and oxygen atoms in total. The largest absolute Gasteiger partial charge is 0.453 e. The van der Waals surface area contributed by atoms with E-state index in [9.17, 15) is 24.0 Å². The molecule has 268 valence electrons. The Bertz CT molecular complexity index is 1850. The Morgan fingerprint density at radius 3 is 1.96 bits per heavy atom. The van der Waals surface area contributed by atoms with Crippen LogP contribution in [0.15, 0.2) is 60.9 Å². The standard InChI is InChI=1S/C35H41N9O7/c1-22(45)42(2)21-43(31(46)18-38-34(48)50-3)20-30-36-16-27(40-30)25-11-7-23(8-12-25)24-9-13-26(14-10-24)28-17-37-33(41-28)29-6-5-15-44(29)32(47)19-39-35(49)51-4/h7-14,16-17,29H,5-6,15,18-21H2,1-4H3,(H,36,40)(H,37,41)(H,38,48)(H,39,49)/t29-/m0/s1. The number of ether oxygens (including phenoxy) is 2. The van der Waals surface area contributed by atoms with Crippen molar-refractivity contribution in [2.75, 3.05) is 47.6 Å². The van der Waals surface area contributed by atoms with Crippen molar-refractivity contribution >= 4 is 29.9 Å². The number of aromatic nitrogens is 4. The zero-order valence-electron chi connectivity index (χ0n) is 28.9. The van der Waals surface area contributed by atoms with Crippen molar-refractivity contribution in [1.29, 1.82) is 0 Å². The first kappa shape index (κ1) is 36.1. The lowest BCUT2D eigenvalue weighted by molar-refractivity contribution is -0.137. The number of carbonyl (C=O) groups is 5. The Kier molecular flexibility index (Phi) is 11.7. The number of aromatic amines is 2. The summed E-state index contributed by atoms with van der Waals surface area (Å²) in [5.41, 5.74) is 5.46. The highest BCUT2D eigenvalue weighted by Crippen LogP contribution is 2.32. The summed E-state index contributed by atoms with van der Waals surface area (Å²) in [6.07, 6.45) is 3.69. The van der Waals surface area contributed by atoms with Crippen LogP contribution < -0.4 is 10.6 Å². The summed E-state index contributed by atoms with van der Waals surface area (Å²) in [4.78, 5) is 80.5. The number of rotatable bonds is 12. The third-order valence-corrected chi connectivity index (χ3v) is 8.59. The second-order valence-electron chi connectivity index (χ2n) is 12.0. The highest BCUT2D eigenvalue weighted by Gasteiger charge is 2.32. The number of alkyl carbamates (subject to hydrolysis) is 2. The highest BCUT2D eigenvalue weighted by molar-refractivity contribution is 5.83. The monoisotopic (exact) mass is 699 g/mol. The Morgan fingerprint density at radius 1 is 0.824 bits per heavy atom. The number of imidazole rings is 2. The maximum atomic E-state index is 12.9. The first-order valence-corrected chi connectivity index (χ1v) is 16.3. The molecule has 0 aliphatic carbocycles. The van der Waals surface area contributed by atoms with Crippen molar-refractivity contribution in [1.82, 2.24) is 45.3 Å². The first-order chi connectivity index (χ1) is 24.6. The summed E-state index contributed by atoms with van der Waals surface area (Å²) in [5, 5.41) is 4.82. The summed E-state index contributed by atoms with van der Waals surface area (Å²) >= 11 is 0. The summed E-state index contributed by atoms with van der Waals surface area (Å²) in [6, 6.07) is 15.9. The number of methoxy groups -OCH3 is 2. The highest BCUT2D eigenvalue weighted by atomic mass is 16.5. The number of carbonyl (C=O) groups excluding carboxylic acids is 5. The van der Waals surface area contributed by atoms with E-state index in [2.05, 4.69) is 40.0 Å². The topological polar surface area (TPSA) is 195 Å². The van der Waals surface area contributed by atoms with Crippen LogP contribution >= 0.6 is 0 Å². The molecule has 1 fully saturated rings. The van der Waals surface area contributed by atoms with Crippen molar-refractivity contribution in [2.24, 2.45) is 0 Å². The van der Waals surface area contributed by atoms with Crippen molar-refractivity contribution < 1.29 is 33.4 Å². The maximum absolute atomic E-state index is 12.9. The molecule has 5 amide bonds. The summed E-state index contributed by atoms with van der Waals surface area (Å²) in [5.74, 6) is 0.400. The molecule has 1 atom stereocenters. The van der Waals surface area contributed by atoms with E-state index in [0.29, 0.717) is 18.2 Å². The summed E-state index contributed by atoms with van der Waals surface area (Å²) in [6.45, 7) is 1.67. The van der Waals surface area contributed by atoms with Gasteiger partial charge in [0.15, 0.2) is 0 Å². The van der Waals surface area contributed by atoms with Gasteiger partial charge in [0, 0.05) is 20.5 Å². The van der Waals surface area contributed by atoms with Crippen LogP contribution in [0.25, 0.3) is 33.6 Å². The molecular formula is C35H41N9O7. The van der Waals surface area contributed by atoms with Crippen LogP contribution in [0.4, 0.5) is 9.59 Å². The van der Waals surface area contributed by atoms with Gasteiger partial charge in [0.05, 0.1) is 57.3 Å². The Hall–Kier alpha value is -6.19. The van der Waals surface area contributed by atoms with Gasteiger partial charge >= 0.3 is 12.2 Å². The molecule has 0 radical (unpaired) electrons. The third-order valence-electron chi connectivity index (χ3n) is 8.59. The number of nitrogens with one attached hydrogen (secondary N) is 4. The average Bonchev–Trinajstić information content (AvgIpc) is 3.94. The molecule has 1 saturated heterocycles. The van der Waals surface area contributed by atoms with E-state index >= 15 is 0 Å².